The van der Waals surface area contributed by atoms with Gasteiger partial charge in [-0.1, -0.05) is 24.3 Å². The summed E-state index contributed by atoms with van der Waals surface area (Å²) in [5, 5.41) is 4.95. The number of hydrogen-bond acceptors (Lipinski definition) is 2. The fourth-order valence-electron chi connectivity index (χ4n) is 3.24. The third-order valence-electron chi connectivity index (χ3n) is 4.71. The molecule has 2 heterocycles. The van der Waals surface area contributed by atoms with E-state index in [1.54, 1.807) is 0 Å². The number of carbonyl (C=O) groups is 2. The van der Waals surface area contributed by atoms with Crippen molar-refractivity contribution in [2.75, 3.05) is 0 Å². The molecular weight excluding hydrogens is 414 g/mol. The Bertz CT molecular complexity index is 1130. The molecule has 0 saturated carbocycles. The molecule has 2 aliphatic rings. The molecule has 0 fully saturated rings. The zero-order valence-electron chi connectivity index (χ0n) is 14.7. The Morgan fingerprint density at radius 2 is 1.03 bits per heavy atom. The summed E-state index contributed by atoms with van der Waals surface area (Å²) in [5.41, 5.74) is -0.806. The van der Waals surface area contributed by atoms with Gasteiger partial charge in [0.2, 0.25) is 0 Å². The average Bonchev–Trinajstić information content (AvgIpc) is 3.20. The highest BCUT2D eigenvalue weighted by Crippen LogP contribution is 2.44. The second-order valence-corrected chi connectivity index (χ2v) is 6.56. The van der Waals surface area contributed by atoms with Crippen molar-refractivity contribution in [3.8, 4) is 0 Å². The number of rotatable bonds is 3. The molecule has 4 nitrogen and oxygen atoms in total. The van der Waals surface area contributed by atoms with E-state index in [2.05, 4.69) is 10.6 Å². The van der Waals surface area contributed by atoms with Gasteiger partial charge >= 0.3 is 12.1 Å². The van der Waals surface area contributed by atoms with Gasteiger partial charge in [0.15, 0.2) is 0 Å². The highest BCUT2D eigenvalue weighted by Gasteiger charge is 2.58. The minimum atomic E-state index is -5.76. The highest BCUT2D eigenvalue weighted by atomic mass is 19.4. The van der Waals surface area contributed by atoms with Gasteiger partial charge in [-0.05, 0) is 35.4 Å². The molecule has 0 bridgehead atoms. The number of benzene rings is 2. The van der Waals surface area contributed by atoms with Gasteiger partial charge in [0.25, 0.3) is 11.8 Å². The van der Waals surface area contributed by atoms with Crippen molar-refractivity contribution in [2.45, 2.75) is 12.1 Å². The van der Waals surface area contributed by atoms with Crippen molar-refractivity contribution in [2.24, 2.45) is 0 Å². The number of halogens is 6. The Labute approximate surface area is 164 Å². The largest absolute Gasteiger partial charge is 0.458 e. The van der Waals surface area contributed by atoms with Crippen LogP contribution < -0.4 is 10.6 Å². The van der Waals surface area contributed by atoms with Crippen LogP contribution in [0.2, 0.25) is 0 Å². The Morgan fingerprint density at radius 3 is 1.43 bits per heavy atom. The lowest BCUT2D eigenvalue weighted by Crippen LogP contribution is -2.33. The summed E-state index contributed by atoms with van der Waals surface area (Å²) in [6, 6.07) is 8.10. The third-order valence-corrected chi connectivity index (χ3v) is 4.71. The van der Waals surface area contributed by atoms with Gasteiger partial charge in [-0.2, -0.15) is 22.0 Å². The van der Waals surface area contributed by atoms with Crippen LogP contribution in [0.4, 0.5) is 26.3 Å². The first kappa shape index (κ1) is 19.7. The topological polar surface area (TPSA) is 58.2 Å². The van der Waals surface area contributed by atoms with Crippen LogP contribution in [0.5, 0.6) is 0 Å². The van der Waals surface area contributed by atoms with E-state index >= 15 is 0 Å². The normalized spacial score (nSPS) is 16.7. The summed E-state index contributed by atoms with van der Waals surface area (Å²) in [5.74, 6) is -6.89. The molecule has 4 rings (SSSR count). The Balaban J connectivity index is 1.77. The monoisotopic (exact) mass is 424 g/mol. The fourth-order valence-corrected chi connectivity index (χ4v) is 3.24. The first-order valence-electron chi connectivity index (χ1n) is 8.43. The van der Waals surface area contributed by atoms with Crippen LogP contribution in [-0.2, 0) is 15.5 Å². The van der Waals surface area contributed by atoms with Crippen molar-refractivity contribution >= 4 is 23.2 Å². The lowest BCUT2D eigenvalue weighted by atomic mass is 10.00. The molecule has 2 aromatic carbocycles. The standard InChI is InChI=1S/C20H10F6N2O2/c21-12-7-3-10(4-8-12)16-14-13(17(29)28-16)15(27-18(14)30)9-1-5-11(6-2-9)19(22,23)20(24,25)26/h1-8H,(H,27,30)(H,28,29). The maximum atomic E-state index is 13.5. The van der Waals surface area contributed by atoms with Gasteiger partial charge in [-0.15, -0.1) is 0 Å². The molecule has 0 radical (unpaired) electrons. The quantitative estimate of drug-likeness (QED) is 0.736. The zero-order valence-corrected chi connectivity index (χ0v) is 14.7. The van der Waals surface area contributed by atoms with E-state index in [9.17, 15) is 35.9 Å². The first-order chi connectivity index (χ1) is 14.0. The highest BCUT2D eigenvalue weighted by molar-refractivity contribution is 6.30. The van der Waals surface area contributed by atoms with Gasteiger partial charge < -0.3 is 10.6 Å². The first-order valence-corrected chi connectivity index (χ1v) is 8.43. The van der Waals surface area contributed by atoms with E-state index in [4.69, 9.17) is 0 Å². The molecule has 0 aromatic heterocycles. The molecule has 0 atom stereocenters. The van der Waals surface area contributed by atoms with E-state index in [-0.39, 0.29) is 28.1 Å². The predicted molar refractivity (Wildman–Crippen MR) is 92.9 cm³/mol. The summed E-state index contributed by atoms with van der Waals surface area (Å²) >= 11 is 0. The molecule has 2 aliphatic heterocycles. The molecule has 2 N–H and O–H groups in total. The summed E-state index contributed by atoms with van der Waals surface area (Å²) in [6.07, 6.45) is -5.76. The van der Waals surface area contributed by atoms with Crippen LogP contribution in [0.15, 0.2) is 59.7 Å². The molecule has 2 amide bonds. The second-order valence-electron chi connectivity index (χ2n) is 6.56. The summed E-state index contributed by atoms with van der Waals surface area (Å²) in [4.78, 5) is 24.9. The molecule has 0 saturated heterocycles. The fraction of sp³-hybridized carbons (Fsp3) is 0.100. The molecule has 2 aromatic rings. The average molecular weight is 424 g/mol. The molecule has 0 unspecified atom stereocenters. The zero-order chi connectivity index (χ0) is 21.8. The smallest absolute Gasteiger partial charge is 0.321 e. The SMILES string of the molecule is O=C1NC(c2ccc(C(F)(F)C(F)(F)F)cc2)=C2C(=O)NC(c3ccc(F)cc3)=C12. The third kappa shape index (κ3) is 2.95. The van der Waals surface area contributed by atoms with E-state index in [0.717, 1.165) is 24.3 Å². The minimum Gasteiger partial charge on any atom is -0.321 e. The van der Waals surface area contributed by atoms with Crippen LogP contribution in [0.3, 0.4) is 0 Å². The van der Waals surface area contributed by atoms with E-state index in [1.807, 2.05) is 0 Å². The lowest BCUT2D eigenvalue weighted by molar-refractivity contribution is -0.289. The second kappa shape index (κ2) is 6.48. The Morgan fingerprint density at radius 1 is 0.633 bits per heavy atom. The maximum absolute atomic E-state index is 13.5. The number of nitrogens with one attached hydrogen (secondary N) is 2. The Kier molecular flexibility index (Phi) is 4.26. The minimum absolute atomic E-state index is 0.0218. The lowest BCUT2D eigenvalue weighted by Gasteiger charge is -2.20. The summed E-state index contributed by atoms with van der Waals surface area (Å²) in [6.45, 7) is 0. The Hall–Kier alpha value is -3.56. The molecule has 10 heteroatoms. The van der Waals surface area contributed by atoms with Gasteiger partial charge in [-0.25, -0.2) is 4.39 Å². The summed E-state index contributed by atoms with van der Waals surface area (Å²) in [7, 11) is 0. The number of hydrogen-bond donors (Lipinski definition) is 2. The van der Waals surface area contributed by atoms with Gasteiger partial charge in [-0.3, -0.25) is 9.59 Å². The van der Waals surface area contributed by atoms with Crippen LogP contribution in [-0.4, -0.2) is 18.0 Å². The van der Waals surface area contributed by atoms with Crippen LogP contribution in [0.25, 0.3) is 11.4 Å². The summed E-state index contributed by atoms with van der Waals surface area (Å²) < 4.78 is 77.7. The van der Waals surface area contributed by atoms with Crippen molar-refractivity contribution in [1.82, 2.24) is 10.6 Å². The predicted octanol–water partition coefficient (Wildman–Crippen LogP) is 3.86. The van der Waals surface area contributed by atoms with E-state index in [1.165, 1.54) is 12.1 Å². The van der Waals surface area contributed by atoms with Gasteiger partial charge in [0.1, 0.15) is 5.82 Å². The molecule has 0 spiro atoms. The van der Waals surface area contributed by atoms with Crippen molar-refractivity contribution in [3.63, 3.8) is 0 Å². The van der Waals surface area contributed by atoms with Crippen molar-refractivity contribution in [3.05, 3.63) is 82.2 Å². The van der Waals surface area contributed by atoms with Crippen LogP contribution >= 0.6 is 0 Å². The number of alkyl halides is 5. The van der Waals surface area contributed by atoms with E-state index < -0.39 is 35.3 Å². The van der Waals surface area contributed by atoms with Gasteiger partial charge in [0.05, 0.1) is 22.5 Å². The number of fused-ring (bicyclic) bond motifs is 1. The van der Waals surface area contributed by atoms with Gasteiger partial charge in [0, 0.05) is 5.56 Å². The van der Waals surface area contributed by atoms with Crippen molar-refractivity contribution < 1.29 is 35.9 Å². The van der Waals surface area contributed by atoms with Crippen molar-refractivity contribution in [1.29, 1.82) is 0 Å². The number of carbonyl (C=O) groups excluding carboxylic acids is 2. The number of amides is 2. The van der Waals surface area contributed by atoms with E-state index in [0.29, 0.717) is 17.7 Å². The van der Waals surface area contributed by atoms with Crippen LogP contribution in [0, 0.1) is 5.82 Å². The molecule has 0 aliphatic carbocycles. The molecular formula is C20H10F6N2O2. The molecule has 154 valence electrons. The maximum Gasteiger partial charge on any atom is 0.458 e. The van der Waals surface area contributed by atoms with Crippen LogP contribution in [0.1, 0.15) is 16.7 Å². The molecule has 30 heavy (non-hydrogen) atoms.